The Morgan fingerprint density at radius 3 is 2.38 bits per heavy atom. The minimum absolute atomic E-state index is 0.0850. The number of carbonyl (C=O) groups excluding carboxylic acids is 1. The van der Waals surface area contributed by atoms with E-state index in [1.165, 1.54) is 0 Å². The van der Waals surface area contributed by atoms with Gasteiger partial charge in [-0.05, 0) is 52.0 Å². The standard InChI is InChI=1S/C16H23FN2O2/c1-11(18)13(9-17)10-21-14-7-5-12(6-8-14)15(20)19-16(2,3)4/h5-9,11H,10,18H2,1-4H3,(H,19,20)/b13-9-/t11-/m1/s1. The molecule has 4 nitrogen and oxygen atoms in total. The zero-order valence-electron chi connectivity index (χ0n) is 12.9. The van der Waals surface area contributed by atoms with Crippen LogP contribution < -0.4 is 15.8 Å². The lowest BCUT2D eigenvalue weighted by Gasteiger charge is -2.20. The second kappa shape index (κ2) is 7.22. The van der Waals surface area contributed by atoms with Crippen molar-refractivity contribution in [2.75, 3.05) is 6.61 Å². The molecule has 0 bridgehead atoms. The molecule has 0 aliphatic rings. The molecule has 21 heavy (non-hydrogen) atoms. The fourth-order valence-electron chi connectivity index (χ4n) is 1.54. The highest BCUT2D eigenvalue weighted by molar-refractivity contribution is 5.94. The normalized spacial score (nSPS) is 13.7. The van der Waals surface area contributed by atoms with E-state index in [0.29, 0.717) is 23.2 Å². The maximum atomic E-state index is 12.6. The highest BCUT2D eigenvalue weighted by atomic mass is 19.1. The van der Waals surface area contributed by atoms with Crippen molar-refractivity contribution in [2.45, 2.75) is 39.3 Å². The molecule has 1 aromatic rings. The Morgan fingerprint density at radius 2 is 1.95 bits per heavy atom. The lowest BCUT2D eigenvalue weighted by atomic mass is 10.1. The smallest absolute Gasteiger partial charge is 0.251 e. The second-order valence-electron chi connectivity index (χ2n) is 5.99. The molecule has 0 heterocycles. The molecule has 1 rings (SSSR count). The van der Waals surface area contributed by atoms with Crippen LogP contribution in [0.1, 0.15) is 38.1 Å². The van der Waals surface area contributed by atoms with E-state index >= 15 is 0 Å². The highest BCUT2D eigenvalue weighted by Crippen LogP contribution is 2.14. The molecule has 0 saturated heterocycles. The number of halogens is 1. The van der Waals surface area contributed by atoms with Crippen LogP contribution in [0.4, 0.5) is 4.39 Å². The molecule has 0 aromatic heterocycles. The summed E-state index contributed by atoms with van der Waals surface area (Å²) in [6.07, 6.45) is 0.468. The molecule has 116 valence electrons. The van der Waals surface area contributed by atoms with Crippen LogP contribution in [0, 0.1) is 0 Å². The summed E-state index contributed by atoms with van der Waals surface area (Å²) in [6.45, 7) is 7.53. The summed E-state index contributed by atoms with van der Waals surface area (Å²) < 4.78 is 18.0. The van der Waals surface area contributed by atoms with Crippen LogP contribution in [0.3, 0.4) is 0 Å². The minimum Gasteiger partial charge on any atom is -0.489 e. The van der Waals surface area contributed by atoms with Crippen molar-refractivity contribution in [3.05, 3.63) is 41.7 Å². The van der Waals surface area contributed by atoms with Gasteiger partial charge in [0.1, 0.15) is 12.4 Å². The number of nitrogens with two attached hydrogens (primary N) is 1. The Morgan fingerprint density at radius 1 is 1.38 bits per heavy atom. The van der Waals surface area contributed by atoms with Gasteiger partial charge in [-0.3, -0.25) is 4.79 Å². The molecular weight excluding hydrogens is 271 g/mol. The third-order valence-electron chi connectivity index (χ3n) is 2.74. The van der Waals surface area contributed by atoms with Crippen LogP contribution in [0.5, 0.6) is 5.75 Å². The van der Waals surface area contributed by atoms with Gasteiger partial charge >= 0.3 is 0 Å². The Labute approximate surface area is 125 Å². The average Bonchev–Trinajstić information content (AvgIpc) is 2.37. The maximum Gasteiger partial charge on any atom is 0.251 e. The van der Waals surface area contributed by atoms with E-state index in [1.54, 1.807) is 31.2 Å². The van der Waals surface area contributed by atoms with Crippen molar-refractivity contribution in [3.63, 3.8) is 0 Å². The summed E-state index contributed by atoms with van der Waals surface area (Å²) in [7, 11) is 0. The molecule has 1 amide bonds. The van der Waals surface area contributed by atoms with Gasteiger partial charge < -0.3 is 15.8 Å². The minimum atomic E-state index is -0.396. The number of benzene rings is 1. The fraction of sp³-hybridized carbons (Fsp3) is 0.438. The van der Waals surface area contributed by atoms with Crippen LogP contribution in [0.15, 0.2) is 36.2 Å². The van der Waals surface area contributed by atoms with E-state index in [0.717, 1.165) is 0 Å². The summed E-state index contributed by atoms with van der Waals surface area (Å²) >= 11 is 0. The van der Waals surface area contributed by atoms with Crippen molar-refractivity contribution in [3.8, 4) is 5.75 Å². The molecule has 0 spiro atoms. The Kier molecular flexibility index (Phi) is 5.90. The van der Waals surface area contributed by atoms with Crippen LogP contribution in [0.25, 0.3) is 0 Å². The van der Waals surface area contributed by atoms with Gasteiger partial charge in [0.15, 0.2) is 0 Å². The number of ether oxygens (including phenoxy) is 1. The molecule has 0 aliphatic carbocycles. The SMILES string of the molecule is C[C@@H](N)/C(=C\F)COc1ccc(C(=O)NC(C)(C)C)cc1. The first kappa shape index (κ1) is 17.2. The first-order valence-electron chi connectivity index (χ1n) is 6.83. The van der Waals surface area contributed by atoms with Gasteiger partial charge in [-0.1, -0.05) is 0 Å². The molecule has 1 atom stereocenters. The van der Waals surface area contributed by atoms with Crippen molar-refractivity contribution >= 4 is 5.91 Å². The number of nitrogens with one attached hydrogen (secondary N) is 1. The summed E-state index contributed by atoms with van der Waals surface area (Å²) in [4.78, 5) is 11.9. The third-order valence-corrected chi connectivity index (χ3v) is 2.74. The zero-order chi connectivity index (χ0) is 16.0. The van der Waals surface area contributed by atoms with Crippen LogP contribution in [-0.2, 0) is 0 Å². The first-order valence-corrected chi connectivity index (χ1v) is 6.83. The second-order valence-corrected chi connectivity index (χ2v) is 5.99. The third kappa shape index (κ3) is 5.95. The zero-order valence-corrected chi connectivity index (χ0v) is 12.9. The van der Waals surface area contributed by atoms with Gasteiger partial charge in [0.05, 0.1) is 6.33 Å². The molecule has 3 N–H and O–H groups in total. The number of amides is 1. The van der Waals surface area contributed by atoms with E-state index < -0.39 is 6.04 Å². The quantitative estimate of drug-likeness (QED) is 0.877. The predicted molar refractivity (Wildman–Crippen MR) is 82.0 cm³/mol. The van der Waals surface area contributed by atoms with E-state index in [1.807, 2.05) is 20.8 Å². The maximum absolute atomic E-state index is 12.6. The lowest BCUT2D eigenvalue weighted by molar-refractivity contribution is 0.0919. The van der Waals surface area contributed by atoms with E-state index in [2.05, 4.69) is 5.32 Å². The van der Waals surface area contributed by atoms with Gasteiger partial charge in [-0.2, -0.15) is 0 Å². The summed E-state index contributed by atoms with van der Waals surface area (Å²) in [5.41, 5.74) is 6.23. The van der Waals surface area contributed by atoms with Crippen molar-refractivity contribution < 1.29 is 13.9 Å². The van der Waals surface area contributed by atoms with Crippen LogP contribution in [-0.4, -0.2) is 24.1 Å². The molecule has 5 heteroatoms. The van der Waals surface area contributed by atoms with Crippen LogP contribution in [0.2, 0.25) is 0 Å². The monoisotopic (exact) mass is 294 g/mol. The lowest BCUT2D eigenvalue weighted by Crippen LogP contribution is -2.40. The number of rotatable bonds is 5. The first-order chi connectivity index (χ1) is 9.73. The molecule has 0 fully saturated rings. The van der Waals surface area contributed by atoms with Crippen molar-refractivity contribution in [2.24, 2.45) is 5.73 Å². The van der Waals surface area contributed by atoms with Crippen molar-refractivity contribution in [1.82, 2.24) is 5.32 Å². The van der Waals surface area contributed by atoms with E-state index in [9.17, 15) is 9.18 Å². The highest BCUT2D eigenvalue weighted by Gasteiger charge is 2.15. The Hall–Kier alpha value is -1.88. The van der Waals surface area contributed by atoms with Gasteiger partial charge in [0, 0.05) is 22.7 Å². The van der Waals surface area contributed by atoms with Gasteiger partial charge in [0.25, 0.3) is 5.91 Å². The Balaban J connectivity index is 2.64. The van der Waals surface area contributed by atoms with E-state index in [4.69, 9.17) is 10.5 Å². The van der Waals surface area contributed by atoms with Crippen molar-refractivity contribution in [1.29, 1.82) is 0 Å². The summed E-state index contributed by atoms with van der Waals surface area (Å²) in [6, 6.07) is 6.29. The number of hydrogen-bond acceptors (Lipinski definition) is 3. The van der Waals surface area contributed by atoms with Gasteiger partial charge in [-0.25, -0.2) is 4.39 Å². The molecule has 1 aromatic carbocycles. The van der Waals surface area contributed by atoms with Gasteiger partial charge in [0.2, 0.25) is 0 Å². The predicted octanol–water partition coefficient (Wildman–Crippen LogP) is 2.79. The van der Waals surface area contributed by atoms with E-state index in [-0.39, 0.29) is 18.1 Å². The van der Waals surface area contributed by atoms with Crippen LogP contribution >= 0.6 is 0 Å². The fourth-order valence-corrected chi connectivity index (χ4v) is 1.54. The van der Waals surface area contributed by atoms with Gasteiger partial charge in [-0.15, -0.1) is 0 Å². The molecule has 0 saturated carbocycles. The molecular formula is C16H23FN2O2. The topological polar surface area (TPSA) is 64.3 Å². The summed E-state index contributed by atoms with van der Waals surface area (Å²) in [5, 5.41) is 2.87. The molecule has 0 aliphatic heterocycles. The number of hydrogen-bond donors (Lipinski definition) is 2. The Bertz CT molecular complexity index is 502. The summed E-state index contributed by atoms with van der Waals surface area (Å²) in [5.74, 6) is 0.413. The average molecular weight is 294 g/mol. The molecule has 0 radical (unpaired) electrons. The largest absolute Gasteiger partial charge is 0.489 e. The number of carbonyl (C=O) groups is 1. The molecule has 0 unspecified atom stereocenters.